The molecule has 6 rings (SSSR count). The van der Waals surface area contributed by atoms with Gasteiger partial charge in [0.15, 0.2) is 0 Å². The molecule has 0 aliphatic carbocycles. The predicted molar refractivity (Wildman–Crippen MR) is 187 cm³/mol. The number of carbonyl (C=O) groups is 3. The zero-order valence-corrected chi connectivity index (χ0v) is 26.9. The molecule has 0 radical (unpaired) electrons. The Hall–Kier alpha value is -5.60. The van der Waals surface area contributed by atoms with E-state index in [4.69, 9.17) is 5.73 Å². The third-order valence-corrected chi connectivity index (χ3v) is 8.59. The lowest BCUT2D eigenvalue weighted by molar-refractivity contribution is -0.136. The largest absolute Gasteiger partial charge is 0.352 e. The van der Waals surface area contributed by atoms with Crippen LogP contribution in [0.1, 0.15) is 37.0 Å². The van der Waals surface area contributed by atoms with Gasteiger partial charge in [-0.05, 0) is 66.4 Å². The second-order valence-corrected chi connectivity index (χ2v) is 12.5. The van der Waals surface area contributed by atoms with Crippen LogP contribution in [-0.4, -0.2) is 17.7 Å². The molecule has 0 bridgehead atoms. The number of rotatable bonds is 9. The summed E-state index contributed by atoms with van der Waals surface area (Å²) in [5.74, 6) is -3.36. The fourth-order valence-electron chi connectivity index (χ4n) is 5.92. The summed E-state index contributed by atoms with van der Waals surface area (Å²) in [5, 5.41) is 2.70. The molecule has 242 valence electrons. The van der Waals surface area contributed by atoms with E-state index >= 15 is 0 Å². The zero-order valence-electron chi connectivity index (χ0n) is 26.9. The maximum Gasteiger partial charge on any atom is 0.244 e. The number of nitrogens with one attached hydrogen (secondary N) is 1. The normalized spacial score (nSPS) is 14.8. The van der Waals surface area contributed by atoms with Crippen molar-refractivity contribution in [2.75, 3.05) is 9.80 Å². The number of hydrogen-bond acceptors (Lipinski definition) is 4. The van der Waals surface area contributed by atoms with Crippen LogP contribution in [0.2, 0.25) is 0 Å². The smallest absolute Gasteiger partial charge is 0.244 e. The molecule has 0 fully saturated rings. The molecule has 7 nitrogen and oxygen atoms in total. The second kappa shape index (κ2) is 13.6. The molecule has 0 saturated carbocycles. The first-order chi connectivity index (χ1) is 23.1. The van der Waals surface area contributed by atoms with Gasteiger partial charge in [0.05, 0.1) is 17.9 Å². The fourth-order valence-corrected chi connectivity index (χ4v) is 5.92. The highest BCUT2D eigenvalue weighted by Crippen LogP contribution is 2.41. The summed E-state index contributed by atoms with van der Waals surface area (Å²) in [7, 11) is 0. The first kappa shape index (κ1) is 32.3. The highest BCUT2D eigenvalue weighted by atomic mass is 19.1. The molecule has 3 N–H and O–H groups in total. The van der Waals surface area contributed by atoms with Crippen LogP contribution in [0.4, 0.5) is 21.5 Å². The van der Waals surface area contributed by atoms with E-state index < -0.39 is 41.4 Å². The maximum absolute atomic E-state index is 14.5. The Morgan fingerprint density at radius 1 is 0.750 bits per heavy atom. The number of nitrogens with two attached hydrogens (primary N) is 1. The van der Waals surface area contributed by atoms with Gasteiger partial charge in [-0.25, -0.2) is 4.39 Å². The van der Waals surface area contributed by atoms with Crippen molar-refractivity contribution in [2.24, 2.45) is 11.7 Å². The van der Waals surface area contributed by atoms with Crippen molar-refractivity contribution in [1.29, 1.82) is 0 Å². The summed E-state index contributed by atoms with van der Waals surface area (Å²) in [5.41, 5.74) is 11.5. The molecular weight excluding hydrogens is 603 g/mol. The summed E-state index contributed by atoms with van der Waals surface area (Å²) >= 11 is 0. The molecule has 0 saturated heterocycles. The predicted octanol–water partition coefficient (Wildman–Crippen LogP) is 7.22. The van der Waals surface area contributed by atoms with E-state index in [1.165, 1.54) is 11.0 Å². The highest BCUT2D eigenvalue weighted by Gasteiger charge is 2.42. The molecular formula is C40H37FN4O3. The Morgan fingerprint density at radius 3 is 2.02 bits per heavy atom. The topological polar surface area (TPSA) is 95.7 Å². The number of hydrogen-bond donors (Lipinski definition) is 2. The lowest BCUT2D eigenvalue weighted by Crippen LogP contribution is -2.43. The van der Waals surface area contributed by atoms with Crippen LogP contribution in [0.3, 0.4) is 0 Å². The molecule has 0 spiro atoms. The monoisotopic (exact) mass is 640 g/mol. The first-order valence-corrected chi connectivity index (χ1v) is 15.9. The fraction of sp³-hybridized carbons (Fsp3) is 0.175. The summed E-state index contributed by atoms with van der Waals surface area (Å²) in [6, 6.07) is 38.7. The van der Waals surface area contributed by atoms with E-state index in [9.17, 15) is 18.8 Å². The van der Waals surface area contributed by atoms with Crippen LogP contribution in [0, 0.1) is 11.7 Å². The quantitative estimate of drug-likeness (QED) is 0.166. The van der Waals surface area contributed by atoms with Gasteiger partial charge in [-0.15, -0.1) is 0 Å². The number of fused-ring (bicyclic) bond motifs is 1. The molecule has 1 aliphatic heterocycles. The van der Waals surface area contributed by atoms with Crippen molar-refractivity contribution in [3.05, 3.63) is 150 Å². The second-order valence-electron chi connectivity index (χ2n) is 12.5. The van der Waals surface area contributed by atoms with Crippen molar-refractivity contribution in [3.63, 3.8) is 0 Å². The van der Waals surface area contributed by atoms with E-state index in [1.54, 1.807) is 41.3 Å². The molecule has 1 unspecified atom stereocenters. The van der Waals surface area contributed by atoms with E-state index in [2.05, 4.69) is 5.32 Å². The molecule has 5 aromatic carbocycles. The summed E-state index contributed by atoms with van der Waals surface area (Å²) in [4.78, 5) is 45.3. The van der Waals surface area contributed by atoms with Crippen LogP contribution in [0.5, 0.6) is 0 Å². The highest BCUT2D eigenvalue weighted by molar-refractivity contribution is 6.21. The van der Waals surface area contributed by atoms with E-state index in [0.29, 0.717) is 22.6 Å². The Bertz CT molecular complexity index is 1940. The summed E-state index contributed by atoms with van der Waals surface area (Å²) in [6.45, 7) is 3.90. The van der Waals surface area contributed by atoms with Gasteiger partial charge in [-0.2, -0.15) is 0 Å². The number of amides is 3. The molecule has 5 aromatic rings. The molecule has 1 atom stereocenters. The lowest BCUT2D eigenvalue weighted by Gasteiger charge is -2.26. The lowest BCUT2D eigenvalue weighted by atomic mass is 9.95. The Kier molecular flexibility index (Phi) is 9.19. The van der Waals surface area contributed by atoms with Gasteiger partial charge in [0.2, 0.25) is 17.7 Å². The van der Waals surface area contributed by atoms with Crippen molar-refractivity contribution >= 4 is 34.8 Å². The van der Waals surface area contributed by atoms with Crippen molar-refractivity contribution in [3.8, 4) is 11.1 Å². The van der Waals surface area contributed by atoms with Gasteiger partial charge < -0.3 is 16.0 Å². The van der Waals surface area contributed by atoms with Crippen LogP contribution in [-0.2, 0) is 33.0 Å². The number of anilines is 3. The molecule has 1 aliphatic rings. The number of carbonyl (C=O) groups excluding carboxylic acids is 3. The minimum atomic E-state index is -1.34. The third-order valence-electron chi connectivity index (χ3n) is 8.59. The van der Waals surface area contributed by atoms with E-state index in [0.717, 1.165) is 22.3 Å². The van der Waals surface area contributed by atoms with Crippen molar-refractivity contribution in [1.82, 2.24) is 5.32 Å². The van der Waals surface area contributed by atoms with Crippen LogP contribution in [0.15, 0.2) is 127 Å². The first-order valence-electron chi connectivity index (χ1n) is 15.9. The number of benzene rings is 5. The van der Waals surface area contributed by atoms with Crippen LogP contribution >= 0.6 is 0 Å². The van der Waals surface area contributed by atoms with Gasteiger partial charge in [-0.3, -0.25) is 19.3 Å². The standard InChI is InChI=1S/C40H37FN4O3/c1-40(2,42)31-20-22-32(23-21-31)45-36-15-9-8-14-35(36)44(26-27-16-18-29(19-17-27)28-10-4-3-5-11-28)38(47)33(39(45)48)24-37(46)43-25-30-12-6-7-13-34(30)41/h3-23,33H,24-26,42H2,1-2H3,(H,43,46). The van der Waals surface area contributed by atoms with Gasteiger partial charge in [0.25, 0.3) is 0 Å². The molecule has 0 aromatic heterocycles. The van der Waals surface area contributed by atoms with Crippen molar-refractivity contribution < 1.29 is 18.8 Å². The SMILES string of the molecule is CC(C)(N)c1ccc(N2C(=O)C(CC(=O)NCc3ccccc3F)C(=O)N(Cc3ccc(-c4ccccc4)cc3)c3ccccc32)cc1. The zero-order chi connectivity index (χ0) is 33.8. The average molecular weight is 641 g/mol. The maximum atomic E-state index is 14.5. The molecule has 8 heteroatoms. The van der Waals surface area contributed by atoms with Gasteiger partial charge in [0.1, 0.15) is 11.7 Å². The van der Waals surface area contributed by atoms with E-state index in [1.807, 2.05) is 98.8 Å². The Balaban J connectivity index is 1.36. The van der Waals surface area contributed by atoms with Gasteiger partial charge >= 0.3 is 0 Å². The van der Waals surface area contributed by atoms with Crippen LogP contribution < -0.4 is 20.9 Å². The van der Waals surface area contributed by atoms with E-state index in [-0.39, 0.29) is 13.1 Å². The van der Waals surface area contributed by atoms with Gasteiger partial charge in [-0.1, -0.05) is 97.1 Å². The summed E-state index contributed by atoms with van der Waals surface area (Å²) < 4.78 is 14.3. The average Bonchev–Trinajstić information content (AvgIpc) is 3.17. The molecule has 1 heterocycles. The third kappa shape index (κ3) is 6.89. The minimum absolute atomic E-state index is 0.0711. The Morgan fingerprint density at radius 2 is 1.35 bits per heavy atom. The van der Waals surface area contributed by atoms with Crippen molar-refractivity contribution in [2.45, 2.75) is 38.9 Å². The number of nitrogens with zero attached hydrogens (tertiary/aromatic N) is 2. The van der Waals surface area contributed by atoms with Gasteiger partial charge in [0, 0.05) is 29.8 Å². The minimum Gasteiger partial charge on any atom is -0.352 e. The molecule has 3 amide bonds. The number of para-hydroxylation sites is 2. The van der Waals surface area contributed by atoms with Crippen LogP contribution in [0.25, 0.3) is 11.1 Å². The Labute approximate surface area is 279 Å². The number of halogens is 1. The molecule has 48 heavy (non-hydrogen) atoms. The summed E-state index contributed by atoms with van der Waals surface area (Å²) in [6.07, 6.45) is -0.409.